The van der Waals surface area contributed by atoms with E-state index in [0.717, 1.165) is 6.20 Å². The smallest absolute Gasteiger partial charge is 0.333 e. The number of ether oxygens (including phenoxy) is 1. The highest BCUT2D eigenvalue weighted by Gasteiger charge is 2.37. The van der Waals surface area contributed by atoms with Gasteiger partial charge in [0.05, 0.1) is 35.0 Å². The van der Waals surface area contributed by atoms with E-state index in [0.29, 0.717) is 10.2 Å². The number of methoxy groups -OCH3 is 1. The summed E-state index contributed by atoms with van der Waals surface area (Å²) in [5, 5.41) is 30.1. The standard InChI is InChI=1S/C32H27Cl2F3N4O4/c1-31(2,43)21-14-24(39-28(26(21)35)20-10-7-11-22(33)25(20)34)32(44,19-8-5-4-6-9-19)16-38-29(42)17-12-18-15-41(30(36)37)40-27(18)23(13-17)45-3/h4-15,30,43-44H,16H2,1-3H3,(H,38,42)/t32-/m1/s1. The molecule has 5 rings (SSSR count). The molecule has 234 valence electrons. The van der Waals surface area contributed by atoms with Gasteiger partial charge in [-0.3, -0.25) is 4.79 Å². The average Bonchev–Trinajstić information content (AvgIpc) is 3.46. The van der Waals surface area contributed by atoms with Crippen LogP contribution in [0.1, 0.15) is 47.6 Å². The molecular formula is C32H27Cl2F3N4O4. The van der Waals surface area contributed by atoms with Crippen molar-refractivity contribution in [3.63, 3.8) is 0 Å². The van der Waals surface area contributed by atoms with Crippen LogP contribution in [-0.2, 0) is 11.2 Å². The van der Waals surface area contributed by atoms with Crippen molar-refractivity contribution in [3.05, 3.63) is 111 Å². The van der Waals surface area contributed by atoms with E-state index in [4.69, 9.17) is 27.9 Å². The fourth-order valence-electron chi connectivity index (χ4n) is 4.92. The topological polar surface area (TPSA) is 110 Å². The van der Waals surface area contributed by atoms with Crippen molar-refractivity contribution >= 4 is 40.0 Å². The average molecular weight is 659 g/mol. The fourth-order valence-corrected chi connectivity index (χ4v) is 5.31. The van der Waals surface area contributed by atoms with Gasteiger partial charge in [-0.05, 0) is 43.7 Å². The first kappa shape index (κ1) is 32.2. The third-order valence-electron chi connectivity index (χ3n) is 7.28. The van der Waals surface area contributed by atoms with Gasteiger partial charge in [0.1, 0.15) is 22.6 Å². The number of carbonyl (C=O) groups is 1. The molecule has 3 N–H and O–H groups in total. The van der Waals surface area contributed by atoms with Crippen LogP contribution in [0, 0.1) is 5.82 Å². The molecule has 5 aromatic rings. The SMILES string of the molecule is COc1cc(C(=O)NC[C@@](O)(c2ccccc2)c2cc(C(C)(C)O)c(F)c(-c3cccc(Cl)c3Cl)n2)cc2cn(C(F)F)nc12. The number of halogens is 5. The van der Waals surface area contributed by atoms with Crippen molar-refractivity contribution in [1.82, 2.24) is 20.1 Å². The van der Waals surface area contributed by atoms with Gasteiger partial charge in [0, 0.05) is 28.3 Å². The van der Waals surface area contributed by atoms with Crippen LogP contribution in [0.3, 0.4) is 0 Å². The number of fused-ring (bicyclic) bond motifs is 1. The normalized spacial score (nSPS) is 13.2. The molecule has 0 bridgehead atoms. The van der Waals surface area contributed by atoms with Crippen LogP contribution >= 0.6 is 23.2 Å². The van der Waals surface area contributed by atoms with Crippen LogP contribution in [0.15, 0.2) is 72.9 Å². The first-order chi connectivity index (χ1) is 21.2. The van der Waals surface area contributed by atoms with Crippen molar-refractivity contribution in [1.29, 1.82) is 0 Å². The molecular weight excluding hydrogens is 632 g/mol. The molecule has 0 saturated carbocycles. The van der Waals surface area contributed by atoms with Crippen LogP contribution in [0.5, 0.6) is 5.75 Å². The Morgan fingerprint density at radius 2 is 1.78 bits per heavy atom. The number of aliphatic hydroxyl groups is 2. The van der Waals surface area contributed by atoms with Crippen LogP contribution in [-0.4, -0.2) is 44.5 Å². The Morgan fingerprint density at radius 3 is 2.42 bits per heavy atom. The first-order valence-electron chi connectivity index (χ1n) is 13.5. The van der Waals surface area contributed by atoms with Gasteiger partial charge in [0.25, 0.3) is 5.91 Å². The zero-order valence-corrected chi connectivity index (χ0v) is 25.7. The van der Waals surface area contributed by atoms with Crippen LogP contribution in [0.4, 0.5) is 13.2 Å². The maximum atomic E-state index is 16.0. The Bertz CT molecular complexity index is 1900. The van der Waals surface area contributed by atoms with E-state index in [2.05, 4.69) is 15.4 Å². The van der Waals surface area contributed by atoms with E-state index in [9.17, 15) is 23.8 Å². The highest BCUT2D eigenvalue weighted by Crippen LogP contribution is 2.39. The molecule has 0 unspecified atom stereocenters. The third kappa shape index (κ3) is 6.21. The summed E-state index contributed by atoms with van der Waals surface area (Å²) in [5.74, 6) is -1.47. The summed E-state index contributed by atoms with van der Waals surface area (Å²) in [7, 11) is 1.32. The van der Waals surface area contributed by atoms with E-state index in [1.54, 1.807) is 36.4 Å². The molecule has 0 aliphatic rings. The quantitative estimate of drug-likeness (QED) is 0.160. The number of carbonyl (C=O) groups excluding carboxylic acids is 1. The van der Waals surface area contributed by atoms with Gasteiger partial charge < -0.3 is 20.3 Å². The first-order valence-corrected chi connectivity index (χ1v) is 14.3. The lowest BCUT2D eigenvalue weighted by molar-refractivity contribution is 0.0573. The van der Waals surface area contributed by atoms with Crippen molar-refractivity contribution in [3.8, 4) is 17.0 Å². The Labute approximate surface area is 266 Å². The van der Waals surface area contributed by atoms with Gasteiger partial charge in [-0.25, -0.2) is 14.1 Å². The number of hydrogen-bond acceptors (Lipinski definition) is 6. The van der Waals surface area contributed by atoms with E-state index in [1.165, 1.54) is 51.3 Å². The zero-order valence-electron chi connectivity index (χ0n) is 24.2. The van der Waals surface area contributed by atoms with Gasteiger partial charge in [-0.2, -0.15) is 13.9 Å². The molecule has 3 aromatic carbocycles. The highest BCUT2D eigenvalue weighted by atomic mass is 35.5. The molecule has 2 heterocycles. The van der Waals surface area contributed by atoms with E-state index < -0.39 is 36.0 Å². The summed E-state index contributed by atoms with van der Waals surface area (Å²) in [6.07, 6.45) is 1.09. The zero-order chi connectivity index (χ0) is 32.7. The lowest BCUT2D eigenvalue weighted by Crippen LogP contribution is -2.42. The Morgan fingerprint density at radius 1 is 1.07 bits per heavy atom. The number of aromatic nitrogens is 3. The molecule has 0 aliphatic heterocycles. The fraction of sp³-hybridized carbons (Fsp3) is 0.219. The third-order valence-corrected chi connectivity index (χ3v) is 8.10. The number of alkyl halides is 2. The number of rotatable bonds is 9. The minimum atomic E-state index is -2.90. The van der Waals surface area contributed by atoms with Crippen molar-refractivity contribution in [2.45, 2.75) is 31.6 Å². The molecule has 0 saturated heterocycles. The minimum absolute atomic E-state index is 0.0143. The summed E-state index contributed by atoms with van der Waals surface area (Å²) in [6.45, 7) is -0.619. The number of pyridine rings is 1. The minimum Gasteiger partial charge on any atom is -0.494 e. The van der Waals surface area contributed by atoms with Gasteiger partial charge in [0.15, 0.2) is 5.82 Å². The molecule has 8 nitrogen and oxygen atoms in total. The molecule has 1 amide bonds. The van der Waals surface area contributed by atoms with Crippen LogP contribution < -0.4 is 10.1 Å². The molecule has 0 spiro atoms. The molecule has 0 fully saturated rings. The lowest BCUT2D eigenvalue weighted by Gasteiger charge is -2.31. The number of amides is 1. The number of nitrogens with one attached hydrogen (secondary N) is 1. The summed E-state index contributed by atoms with van der Waals surface area (Å²) in [4.78, 5) is 17.9. The molecule has 0 aliphatic carbocycles. The van der Waals surface area contributed by atoms with E-state index >= 15 is 4.39 Å². The van der Waals surface area contributed by atoms with Gasteiger partial charge >= 0.3 is 6.55 Å². The Kier molecular flexibility index (Phi) is 8.83. The summed E-state index contributed by atoms with van der Waals surface area (Å²) >= 11 is 12.6. The second-order valence-corrected chi connectivity index (χ2v) is 11.6. The Hall–Kier alpha value is -4.16. The summed E-state index contributed by atoms with van der Waals surface area (Å²) < 4.78 is 48.3. The second kappa shape index (κ2) is 12.3. The maximum absolute atomic E-state index is 16.0. The maximum Gasteiger partial charge on any atom is 0.333 e. The molecule has 13 heteroatoms. The van der Waals surface area contributed by atoms with Crippen molar-refractivity contribution in [2.24, 2.45) is 0 Å². The van der Waals surface area contributed by atoms with E-state index in [1.807, 2.05) is 0 Å². The van der Waals surface area contributed by atoms with Crippen molar-refractivity contribution < 1.29 is 32.9 Å². The van der Waals surface area contributed by atoms with Gasteiger partial charge in [0.2, 0.25) is 0 Å². The molecule has 1 atom stereocenters. The molecule has 0 radical (unpaired) electrons. The predicted molar refractivity (Wildman–Crippen MR) is 164 cm³/mol. The Balaban J connectivity index is 1.62. The van der Waals surface area contributed by atoms with Gasteiger partial charge in [-0.15, -0.1) is 0 Å². The van der Waals surface area contributed by atoms with Crippen LogP contribution in [0.25, 0.3) is 22.2 Å². The van der Waals surface area contributed by atoms with Gasteiger partial charge in [-0.1, -0.05) is 65.7 Å². The second-order valence-electron chi connectivity index (χ2n) is 10.8. The number of hydrogen-bond donors (Lipinski definition) is 3. The largest absolute Gasteiger partial charge is 0.494 e. The number of nitrogens with zero attached hydrogens (tertiary/aromatic N) is 3. The highest BCUT2D eigenvalue weighted by molar-refractivity contribution is 6.43. The molecule has 45 heavy (non-hydrogen) atoms. The van der Waals surface area contributed by atoms with Crippen molar-refractivity contribution in [2.75, 3.05) is 13.7 Å². The molecule has 2 aromatic heterocycles. The number of benzene rings is 3. The van der Waals surface area contributed by atoms with Crippen LogP contribution in [0.2, 0.25) is 10.0 Å². The monoisotopic (exact) mass is 658 g/mol. The summed E-state index contributed by atoms with van der Waals surface area (Å²) in [6, 6.07) is 16.8. The summed E-state index contributed by atoms with van der Waals surface area (Å²) in [5.41, 5.74) is -3.77. The lowest BCUT2D eigenvalue weighted by atomic mass is 9.86. The predicted octanol–water partition coefficient (Wildman–Crippen LogP) is 6.84. The van der Waals surface area contributed by atoms with E-state index in [-0.39, 0.29) is 54.8 Å².